The van der Waals surface area contributed by atoms with Gasteiger partial charge in [0.1, 0.15) is 6.33 Å². The first-order valence-corrected chi connectivity index (χ1v) is 8.85. The second-order valence-corrected chi connectivity index (χ2v) is 6.85. The zero-order chi connectivity index (χ0) is 16.6. The first-order valence-electron chi connectivity index (χ1n) is 8.85. The second-order valence-electron chi connectivity index (χ2n) is 6.85. The molecule has 3 heterocycles. The Morgan fingerprint density at radius 2 is 2.00 bits per heavy atom. The molecule has 1 saturated heterocycles. The van der Waals surface area contributed by atoms with Gasteiger partial charge in [0, 0.05) is 49.4 Å². The summed E-state index contributed by atoms with van der Waals surface area (Å²) in [4.78, 5) is 17.7. The van der Waals surface area contributed by atoms with E-state index in [2.05, 4.69) is 48.1 Å². The molecule has 2 fully saturated rings. The maximum absolute atomic E-state index is 5.35. The molecule has 25 heavy (non-hydrogen) atoms. The largest absolute Gasteiger partial charge is 0.369 e. The van der Waals surface area contributed by atoms with Gasteiger partial charge < -0.3 is 9.42 Å². The number of hydrogen-bond acceptors (Lipinski definition) is 7. The van der Waals surface area contributed by atoms with E-state index in [1.807, 2.05) is 6.20 Å². The number of piperazine rings is 1. The van der Waals surface area contributed by atoms with E-state index in [0.29, 0.717) is 5.92 Å². The molecule has 128 valence electrons. The Labute approximate surface area is 145 Å². The number of benzene rings is 1. The molecule has 7 nitrogen and oxygen atoms in total. The highest BCUT2D eigenvalue weighted by Gasteiger charge is 2.30. The van der Waals surface area contributed by atoms with Crippen LogP contribution in [-0.2, 0) is 6.54 Å². The SMILES string of the molecule is c1ncc2cc(N3CCN(Cc4noc(C5CC5)n4)CC3)ccc2n1. The standard InChI is InChI=1S/C18H20N6O/c1-2-13(1)18-21-17(22-25-18)11-23-5-7-24(8-6-23)15-3-4-16-14(9-15)10-19-12-20-16/h3-4,9-10,12-13H,1-2,5-8,11H2. The van der Waals surface area contributed by atoms with Crippen LogP contribution < -0.4 is 4.90 Å². The van der Waals surface area contributed by atoms with Crippen molar-refractivity contribution in [3.05, 3.63) is 42.4 Å². The summed E-state index contributed by atoms with van der Waals surface area (Å²) in [6, 6.07) is 6.38. The fourth-order valence-corrected chi connectivity index (χ4v) is 3.36. The van der Waals surface area contributed by atoms with Gasteiger partial charge in [0.05, 0.1) is 12.1 Å². The maximum Gasteiger partial charge on any atom is 0.229 e. The van der Waals surface area contributed by atoms with E-state index in [1.54, 1.807) is 6.33 Å². The van der Waals surface area contributed by atoms with Gasteiger partial charge >= 0.3 is 0 Å². The molecular formula is C18H20N6O. The monoisotopic (exact) mass is 336 g/mol. The quantitative estimate of drug-likeness (QED) is 0.723. The van der Waals surface area contributed by atoms with Crippen LogP contribution in [0.3, 0.4) is 0 Å². The number of anilines is 1. The van der Waals surface area contributed by atoms with E-state index < -0.39 is 0 Å². The van der Waals surface area contributed by atoms with Gasteiger partial charge in [-0.3, -0.25) is 4.90 Å². The van der Waals surface area contributed by atoms with Crippen LogP contribution in [-0.4, -0.2) is 51.2 Å². The van der Waals surface area contributed by atoms with Crippen molar-refractivity contribution in [1.29, 1.82) is 0 Å². The topological polar surface area (TPSA) is 71.2 Å². The lowest BCUT2D eigenvalue weighted by atomic mass is 10.2. The summed E-state index contributed by atoms with van der Waals surface area (Å²) >= 11 is 0. The van der Waals surface area contributed by atoms with E-state index in [4.69, 9.17) is 4.52 Å². The Bertz CT molecular complexity index is 882. The molecule has 0 unspecified atom stereocenters. The van der Waals surface area contributed by atoms with Crippen LogP contribution in [0.1, 0.15) is 30.5 Å². The first-order chi connectivity index (χ1) is 12.3. The van der Waals surface area contributed by atoms with E-state index in [1.165, 1.54) is 18.5 Å². The fourth-order valence-electron chi connectivity index (χ4n) is 3.36. The Kier molecular flexibility index (Phi) is 3.59. The molecule has 7 heteroatoms. The highest BCUT2D eigenvalue weighted by molar-refractivity contribution is 5.81. The van der Waals surface area contributed by atoms with Gasteiger partial charge in [0.15, 0.2) is 5.82 Å². The first kappa shape index (κ1) is 14.8. The van der Waals surface area contributed by atoms with Crippen LogP contribution >= 0.6 is 0 Å². The molecule has 5 rings (SSSR count). The van der Waals surface area contributed by atoms with Gasteiger partial charge in [0.2, 0.25) is 5.89 Å². The van der Waals surface area contributed by atoms with E-state index in [9.17, 15) is 0 Å². The highest BCUT2D eigenvalue weighted by Crippen LogP contribution is 2.38. The molecule has 2 aromatic heterocycles. The Hall–Kier alpha value is -2.54. The molecule has 1 aliphatic heterocycles. The summed E-state index contributed by atoms with van der Waals surface area (Å²) in [7, 11) is 0. The third-order valence-corrected chi connectivity index (χ3v) is 5.00. The van der Waals surface area contributed by atoms with Crippen LogP contribution in [0.4, 0.5) is 5.69 Å². The van der Waals surface area contributed by atoms with Crippen molar-refractivity contribution in [1.82, 2.24) is 25.0 Å². The van der Waals surface area contributed by atoms with E-state index in [0.717, 1.165) is 55.3 Å². The maximum atomic E-state index is 5.35. The van der Waals surface area contributed by atoms with Gasteiger partial charge in [-0.15, -0.1) is 0 Å². The number of rotatable bonds is 4. The predicted octanol–water partition coefficient (Wildman–Crippen LogP) is 2.21. The highest BCUT2D eigenvalue weighted by atomic mass is 16.5. The summed E-state index contributed by atoms with van der Waals surface area (Å²) in [5.41, 5.74) is 2.22. The van der Waals surface area contributed by atoms with E-state index >= 15 is 0 Å². The average Bonchev–Trinajstić information content (AvgIpc) is 3.42. The molecule has 0 amide bonds. The summed E-state index contributed by atoms with van der Waals surface area (Å²) in [6.45, 7) is 4.75. The Morgan fingerprint density at radius 3 is 2.84 bits per heavy atom. The smallest absolute Gasteiger partial charge is 0.229 e. The van der Waals surface area contributed by atoms with Crippen LogP contribution in [0.5, 0.6) is 0 Å². The van der Waals surface area contributed by atoms with Crippen LogP contribution in [0.2, 0.25) is 0 Å². The summed E-state index contributed by atoms with van der Waals surface area (Å²) in [5.74, 6) is 2.17. The normalized spacial score (nSPS) is 18.8. The van der Waals surface area contributed by atoms with Gasteiger partial charge in [-0.2, -0.15) is 4.98 Å². The molecule has 0 radical (unpaired) electrons. The number of nitrogens with zero attached hydrogens (tertiary/aromatic N) is 6. The molecule has 0 spiro atoms. The number of aromatic nitrogens is 4. The Balaban J connectivity index is 1.22. The molecule has 0 bridgehead atoms. The summed E-state index contributed by atoms with van der Waals surface area (Å²) in [6.07, 6.45) is 5.84. The van der Waals surface area contributed by atoms with Crippen molar-refractivity contribution in [2.24, 2.45) is 0 Å². The van der Waals surface area contributed by atoms with Crippen molar-refractivity contribution in [2.75, 3.05) is 31.1 Å². The minimum absolute atomic E-state index is 0.523. The third kappa shape index (κ3) is 3.07. The number of hydrogen-bond donors (Lipinski definition) is 0. The van der Waals surface area contributed by atoms with Gasteiger partial charge in [0.25, 0.3) is 0 Å². The Morgan fingerprint density at radius 1 is 1.12 bits per heavy atom. The second kappa shape index (κ2) is 6.07. The van der Waals surface area contributed by atoms with Gasteiger partial charge in [-0.05, 0) is 31.0 Å². The third-order valence-electron chi connectivity index (χ3n) is 5.00. The van der Waals surface area contributed by atoms with Crippen molar-refractivity contribution >= 4 is 16.6 Å². The fraction of sp³-hybridized carbons (Fsp3) is 0.444. The average molecular weight is 336 g/mol. The van der Waals surface area contributed by atoms with Gasteiger partial charge in [-0.1, -0.05) is 5.16 Å². The molecule has 2 aliphatic rings. The zero-order valence-electron chi connectivity index (χ0n) is 14.0. The predicted molar refractivity (Wildman–Crippen MR) is 93.3 cm³/mol. The lowest BCUT2D eigenvalue weighted by molar-refractivity contribution is 0.240. The minimum Gasteiger partial charge on any atom is -0.369 e. The van der Waals surface area contributed by atoms with Crippen LogP contribution in [0.25, 0.3) is 10.9 Å². The van der Waals surface area contributed by atoms with Crippen molar-refractivity contribution < 1.29 is 4.52 Å². The molecule has 0 N–H and O–H groups in total. The van der Waals surface area contributed by atoms with Crippen molar-refractivity contribution in [3.8, 4) is 0 Å². The van der Waals surface area contributed by atoms with Gasteiger partial charge in [-0.25, -0.2) is 9.97 Å². The molecule has 3 aromatic rings. The lowest BCUT2D eigenvalue weighted by Gasteiger charge is -2.35. The summed E-state index contributed by atoms with van der Waals surface area (Å²) < 4.78 is 5.35. The summed E-state index contributed by atoms with van der Waals surface area (Å²) in [5, 5.41) is 5.21. The minimum atomic E-state index is 0.523. The lowest BCUT2D eigenvalue weighted by Crippen LogP contribution is -2.46. The molecule has 1 aliphatic carbocycles. The molecule has 1 aromatic carbocycles. The molecule has 1 saturated carbocycles. The van der Waals surface area contributed by atoms with E-state index in [-0.39, 0.29) is 0 Å². The number of fused-ring (bicyclic) bond motifs is 1. The molecule has 0 atom stereocenters. The zero-order valence-corrected chi connectivity index (χ0v) is 14.0. The van der Waals surface area contributed by atoms with Crippen LogP contribution in [0, 0.1) is 0 Å². The van der Waals surface area contributed by atoms with Crippen molar-refractivity contribution in [3.63, 3.8) is 0 Å². The van der Waals surface area contributed by atoms with Crippen LogP contribution in [0.15, 0.2) is 35.2 Å². The molecular weight excluding hydrogens is 316 g/mol. The van der Waals surface area contributed by atoms with Crippen molar-refractivity contribution in [2.45, 2.75) is 25.3 Å².